The van der Waals surface area contributed by atoms with E-state index in [0.29, 0.717) is 6.10 Å². The Morgan fingerprint density at radius 1 is 1.20 bits per heavy atom. The highest BCUT2D eigenvalue weighted by molar-refractivity contribution is 5.79. The van der Waals surface area contributed by atoms with Gasteiger partial charge in [0.25, 0.3) is 0 Å². The predicted octanol–water partition coefficient (Wildman–Crippen LogP) is 2.59. The summed E-state index contributed by atoms with van der Waals surface area (Å²) < 4.78 is 6.08. The lowest BCUT2D eigenvalue weighted by Gasteiger charge is -2.34. The van der Waals surface area contributed by atoms with E-state index < -0.39 is 0 Å². The van der Waals surface area contributed by atoms with Crippen LogP contribution in [0.2, 0.25) is 0 Å². The minimum Gasteiger partial charge on any atom is -0.490 e. The molecule has 2 aliphatic rings. The molecule has 1 aliphatic carbocycles. The van der Waals surface area contributed by atoms with Gasteiger partial charge in [0.2, 0.25) is 0 Å². The molecule has 5 nitrogen and oxygen atoms in total. The van der Waals surface area contributed by atoms with Crippen LogP contribution in [-0.2, 0) is 0 Å². The van der Waals surface area contributed by atoms with Crippen LogP contribution in [0.15, 0.2) is 35.3 Å². The summed E-state index contributed by atoms with van der Waals surface area (Å²) in [7, 11) is 1.88. The van der Waals surface area contributed by atoms with Gasteiger partial charge in [0, 0.05) is 52.1 Å². The van der Waals surface area contributed by atoms with Gasteiger partial charge in [-0.05, 0) is 31.5 Å². The van der Waals surface area contributed by atoms with E-state index in [1.165, 1.54) is 12.8 Å². The van der Waals surface area contributed by atoms with Crippen molar-refractivity contribution in [1.82, 2.24) is 15.1 Å². The number of guanidine groups is 1. The maximum Gasteiger partial charge on any atom is 0.193 e. The molecule has 0 aromatic heterocycles. The Bertz CT molecular complexity index is 536. The average molecular weight is 345 g/mol. The van der Waals surface area contributed by atoms with Crippen molar-refractivity contribution in [3.63, 3.8) is 0 Å². The molecule has 1 saturated carbocycles. The summed E-state index contributed by atoms with van der Waals surface area (Å²) in [5, 5.41) is 3.54. The number of para-hydroxylation sites is 1. The minimum atomic E-state index is 0.308. The largest absolute Gasteiger partial charge is 0.490 e. The van der Waals surface area contributed by atoms with Crippen LogP contribution >= 0.6 is 0 Å². The van der Waals surface area contributed by atoms with E-state index in [4.69, 9.17) is 4.74 Å². The number of likely N-dealkylation sites (tertiary alicyclic amines) is 1. The summed E-state index contributed by atoms with van der Waals surface area (Å²) in [6, 6.07) is 11.0. The van der Waals surface area contributed by atoms with Crippen molar-refractivity contribution in [1.29, 1.82) is 0 Å². The van der Waals surface area contributed by atoms with E-state index in [9.17, 15) is 0 Å². The molecule has 1 heterocycles. The molecule has 5 heteroatoms. The van der Waals surface area contributed by atoms with Crippen LogP contribution in [0.25, 0.3) is 0 Å². The van der Waals surface area contributed by atoms with Gasteiger partial charge in [-0.25, -0.2) is 0 Å². The molecule has 0 spiro atoms. The molecule has 1 saturated heterocycles. The standard InChI is InChI=1S/C20H32N4O/c1-3-23(17-9-10-17)16-13-22-20(21-2)24-14-11-19(12-15-24)25-18-7-5-4-6-8-18/h4-8,17,19H,3,9-16H2,1-2H3,(H,21,22). The monoisotopic (exact) mass is 344 g/mol. The first-order valence-corrected chi connectivity index (χ1v) is 9.71. The molecule has 1 aromatic carbocycles. The number of piperidine rings is 1. The molecule has 3 rings (SSSR count). The molecule has 0 amide bonds. The number of aliphatic imine (C=N–C) groups is 1. The lowest BCUT2D eigenvalue weighted by Crippen LogP contribution is -2.49. The van der Waals surface area contributed by atoms with Crippen LogP contribution in [0.5, 0.6) is 5.75 Å². The minimum absolute atomic E-state index is 0.308. The summed E-state index contributed by atoms with van der Waals surface area (Å²) in [5.74, 6) is 2.01. The second-order valence-corrected chi connectivity index (χ2v) is 6.95. The van der Waals surface area contributed by atoms with Crippen molar-refractivity contribution in [3.05, 3.63) is 30.3 Å². The number of hydrogen-bond donors (Lipinski definition) is 1. The SMILES string of the molecule is CCN(CCNC(=NC)N1CCC(Oc2ccccc2)CC1)C1CC1. The number of hydrogen-bond acceptors (Lipinski definition) is 3. The van der Waals surface area contributed by atoms with Gasteiger partial charge in [-0.1, -0.05) is 25.1 Å². The van der Waals surface area contributed by atoms with Crippen LogP contribution in [0, 0.1) is 0 Å². The van der Waals surface area contributed by atoms with Gasteiger partial charge in [-0.2, -0.15) is 0 Å². The molecule has 0 unspecified atom stereocenters. The first kappa shape index (κ1) is 18.1. The quantitative estimate of drug-likeness (QED) is 0.610. The number of nitrogens with zero attached hydrogens (tertiary/aromatic N) is 3. The Labute approximate surface area is 152 Å². The van der Waals surface area contributed by atoms with Crippen LogP contribution in [-0.4, -0.2) is 67.7 Å². The van der Waals surface area contributed by atoms with E-state index in [0.717, 1.165) is 63.3 Å². The number of benzene rings is 1. The third-order valence-electron chi connectivity index (χ3n) is 5.15. The summed E-state index contributed by atoms with van der Waals surface area (Å²) >= 11 is 0. The van der Waals surface area contributed by atoms with Gasteiger partial charge in [0.1, 0.15) is 11.9 Å². The smallest absolute Gasteiger partial charge is 0.193 e. The van der Waals surface area contributed by atoms with Crippen molar-refractivity contribution in [2.45, 2.75) is 44.8 Å². The summed E-state index contributed by atoms with van der Waals surface area (Å²) in [6.07, 6.45) is 5.13. The maximum absolute atomic E-state index is 6.08. The predicted molar refractivity (Wildman–Crippen MR) is 103 cm³/mol. The summed E-state index contributed by atoms with van der Waals surface area (Å²) in [6.45, 7) is 7.47. The fourth-order valence-corrected chi connectivity index (χ4v) is 3.56. The van der Waals surface area contributed by atoms with Crippen molar-refractivity contribution >= 4 is 5.96 Å². The summed E-state index contributed by atoms with van der Waals surface area (Å²) in [4.78, 5) is 9.41. The van der Waals surface area contributed by atoms with E-state index >= 15 is 0 Å². The first-order valence-electron chi connectivity index (χ1n) is 9.71. The molecule has 1 aliphatic heterocycles. The Kier molecular flexibility index (Phi) is 6.56. The van der Waals surface area contributed by atoms with Gasteiger partial charge in [0.15, 0.2) is 5.96 Å². The number of likely N-dealkylation sites (N-methyl/N-ethyl adjacent to an activating group) is 1. The third kappa shape index (κ3) is 5.36. The van der Waals surface area contributed by atoms with E-state index in [1.807, 2.05) is 37.4 Å². The van der Waals surface area contributed by atoms with Crippen LogP contribution in [0.4, 0.5) is 0 Å². The van der Waals surface area contributed by atoms with Gasteiger partial charge in [-0.3, -0.25) is 9.89 Å². The van der Waals surface area contributed by atoms with Crippen molar-refractivity contribution < 1.29 is 4.74 Å². The van der Waals surface area contributed by atoms with E-state index in [1.54, 1.807) is 0 Å². The lowest BCUT2D eigenvalue weighted by atomic mass is 10.1. The molecule has 0 bridgehead atoms. The highest BCUT2D eigenvalue weighted by Gasteiger charge is 2.27. The molecule has 25 heavy (non-hydrogen) atoms. The second-order valence-electron chi connectivity index (χ2n) is 6.95. The zero-order valence-corrected chi connectivity index (χ0v) is 15.7. The molecule has 0 radical (unpaired) electrons. The zero-order valence-electron chi connectivity index (χ0n) is 15.7. The zero-order chi connectivity index (χ0) is 17.5. The first-order chi connectivity index (χ1) is 12.3. The highest BCUT2D eigenvalue weighted by atomic mass is 16.5. The molecular weight excluding hydrogens is 312 g/mol. The molecule has 138 valence electrons. The van der Waals surface area contributed by atoms with Crippen LogP contribution in [0.3, 0.4) is 0 Å². The Morgan fingerprint density at radius 3 is 2.52 bits per heavy atom. The number of rotatable bonds is 7. The summed E-state index contributed by atoms with van der Waals surface area (Å²) in [5.41, 5.74) is 0. The maximum atomic E-state index is 6.08. The Hall–Kier alpha value is -1.75. The van der Waals surface area contributed by atoms with Gasteiger partial charge in [0.05, 0.1) is 0 Å². The van der Waals surface area contributed by atoms with Crippen LogP contribution < -0.4 is 10.1 Å². The van der Waals surface area contributed by atoms with Crippen molar-refractivity contribution in [2.75, 3.05) is 39.8 Å². The van der Waals surface area contributed by atoms with Gasteiger partial charge < -0.3 is 15.0 Å². The molecule has 0 atom stereocenters. The number of nitrogens with one attached hydrogen (secondary N) is 1. The second kappa shape index (κ2) is 9.09. The molecule has 2 fully saturated rings. The van der Waals surface area contributed by atoms with Crippen molar-refractivity contribution in [3.8, 4) is 5.75 Å². The highest BCUT2D eigenvalue weighted by Crippen LogP contribution is 2.25. The fraction of sp³-hybridized carbons (Fsp3) is 0.650. The fourth-order valence-electron chi connectivity index (χ4n) is 3.56. The topological polar surface area (TPSA) is 40.1 Å². The van der Waals surface area contributed by atoms with Crippen LogP contribution in [0.1, 0.15) is 32.6 Å². The van der Waals surface area contributed by atoms with Gasteiger partial charge in [-0.15, -0.1) is 0 Å². The third-order valence-corrected chi connectivity index (χ3v) is 5.15. The van der Waals surface area contributed by atoms with E-state index in [2.05, 4.69) is 27.0 Å². The molecular formula is C20H32N4O. The Morgan fingerprint density at radius 2 is 1.92 bits per heavy atom. The molecule has 1 aromatic rings. The number of ether oxygens (including phenoxy) is 1. The normalized spacial score (nSPS) is 19.3. The lowest BCUT2D eigenvalue weighted by molar-refractivity contribution is 0.129. The molecule has 1 N–H and O–H groups in total. The van der Waals surface area contributed by atoms with Gasteiger partial charge >= 0.3 is 0 Å². The average Bonchev–Trinajstić information content (AvgIpc) is 3.49. The Balaban J connectivity index is 1.39. The van der Waals surface area contributed by atoms with E-state index in [-0.39, 0.29) is 0 Å². The van der Waals surface area contributed by atoms with Crippen molar-refractivity contribution in [2.24, 2.45) is 4.99 Å².